The number of nitrogens with one attached hydrogen (secondary N) is 1. The SMILES string of the molecule is CC(C)c1ccc(S(=O)(=O)Nc2c(C(C)C)cccc2C(C)C)cc1. The van der Waals surface area contributed by atoms with Crippen molar-refractivity contribution in [2.75, 3.05) is 4.72 Å². The molecule has 0 unspecified atom stereocenters. The summed E-state index contributed by atoms with van der Waals surface area (Å²) in [6.45, 7) is 12.5. The van der Waals surface area contributed by atoms with Gasteiger partial charge in [-0.15, -0.1) is 0 Å². The minimum absolute atomic E-state index is 0.236. The molecule has 0 aliphatic carbocycles. The quantitative estimate of drug-likeness (QED) is 0.702. The highest BCUT2D eigenvalue weighted by Gasteiger charge is 2.20. The number of para-hydroxylation sites is 1. The van der Waals surface area contributed by atoms with Gasteiger partial charge in [0.2, 0.25) is 0 Å². The van der Waals surface area contributed by atoms with Gasteiger partial charge in [0.25, 0.3) is 10.0 Å². The molecular weight excluding hydrogens is 330 g/mol. The molecule has 2 rings (SSSR count). The molecule has 0 heterocycles. The Labute approximate surface area is 152 Å². The summed E-state index contributed by atoms with van der Waals surface area (Å²) in [5, 5.41) is 0. The van der Waals surface area contributed by atoms with E-state index in [2.05, 4.69) is 46.3 Å². The van der Waals surface area contributed by atoms with Gasteiger partial charge < -0.3 is 0 Å². The molecule has 2 aromatic rings. The van der Waals surface area contributed by atoms with Crippen LogP contribution in [0, 0.1) is 0 Å². The molecule has 3 nitrogen and oxygen atoms in total. The molecular formula is C21H29NO2S. The van der Waals surface area contributed by atoms with Crippen molar-refractivity contribution in [1.82, 2.24) is 0 Å². The summed E-state index contributed by atoms with van der Waals surface area (Å²) < 4.78 is 28.7. The number of rotatable bonds is 6. The fourth-order valence-electron chi connectivity index (χ4n) is 2.89. The summed E-state index contributed by atoms with van der Waals surface area (Å²) in [6, 6.07) is 13.1. The van der Waals surface area contributed by atoms with E-state index >= 15 is 0 Å². The Bertz CT molecular complexity index is 793. The lowest BCUT2D eigenvalue weighted by atomic mass is 9.93. The molecule has 0 atom stereocenters. The minimum Gasteiger partial charge on any atom is -0.279 e. The molecule has 0 bridgehead atoms. The number of hydrogen-bond donors (Lipinski definition) is 1. The number of hydrogen-bond acceptors (Lipinski definition) is 2. The van der Waals surface area contributed by atoms with Gasteiger partial charge in [-0.2, -0.15) is 0 Å². The smallest absolute Gasteiger partial charge is 0.261 e. The van der Waals surface area contributed by atoms with Gasteiger partial charge in [0.05, 0.1) is 10.6 Å². The maximum absolute atomic E-state index is 12.9. The van der Waals surface area contributed by atoms with Crippen LogP contribution in [0.25, 0.3) is 0 Å². The average molecular weight is 360 g/mol. The van der Waals surface area contributed by atoms with Crippen molar-refractivity contribution < 1.29 is 8.42 Å². The van der Waals surface area contributed by atoms with Crippen molar-refractivity contribution in [3.8, 4) is 0 Å². The highest BCUT2D eigenvalue weighted by atomic mass is 32.2. The van der Waals surface area contributed by atoms with Crippen LogP contribution >= 0.6 is 0 Å². The second kappa shape index (κ2) is 7.61. The first-order valence-electron chi connectivity index (χ1n) is 8.89. The maximum Gasteiger partial charge on any atom is 0.261 e. The van der Waals surface area contributed by atoms with Crippen LogP contribution in [0.2, 0.25) is 0 Å². The van der Waals surface area contributed by atoms with Crippen molar-refractivity contribution in [1.29, 1.82) is 0 Å². The summed E-state index contributed by atoms with van der Waals surface area (Å²) in [7, 11) is -3.62. The molecule has 0 spiro atoms. The number of sulfonamides is 1. The van der Waals surface area contributed by atoms with E-state index in [0.717, 1.165) is 22.4 Å². The average Bonchev–Trinajstić information content (AvgIpc) is 2.54. The van der Waals surface area contributed by atoms with Crippen molar-refractivity contribution in [3.63, 3.8) is 0 Å². The first-order chi connectivity index (χ1) is 11.6. The molecule has 0 amide bonds. The summed E-state index contributed by atoms with van der Waals surface area (Å²) in [5.41, 5.74) is 3.90. The monoisotopic (exact) mass is 359 g/mol. The molecule has 0 aliphatic rings. The number of benzene rings is 2. The van der Waals surface area contributed by atoms with Gasteiger partial charge in [-0.1, -0.05) is 71.9 Å². The molecule has 0 saturated heterocycles. The fourth-order valence-corrected chi connectivity index (χ4v) is 4.01. The van der Waals surface area contributed by atoms with Gasteiger partial charge >= 0.3 is 0 Å². The Hall–Kier alpha value is -1.81. The van der Waals surface area contributed by atoms with Crippen LogP contribution < -0.4 is 4.72 Å². The Kier molecular flexibility index (Phi) is 5.94. The second-order valence-electron chi connectivity index (χ2n) is 7.45. The van der Waals surface area contributed by atoms with Gasteiger partial charge in [-0.3, -0.25) is 4.72 Å². The van der Waals surface area contributed by atoms with Crippen LogP contribution in [0.1, 0.15) is 76.0 Å². The summed E-state index contributed by atoms with van der Waals surface area (Å²) in [6.07, 6.45) is 0. The predicted molar refractivity (Wildman–Crippen MR) is 106 cm³/mol. The van der Waals surface area contributed by atoms with Crippen molar-refractivity contribution >= 4 is 15.7 Å². The van der Waals surface area contributed by atoms with Crippen LogP contribution in [0.3, 0.4) is 0 Å². The van der Waals surface area contributed by atoms with Gasteiger partial charge in [0.15, 0.2) is 0 Å². The van der Waals surface area contributed by atoms with Gasteiger partial charge in [0, 0.05) is 0 Å². The third-order valence-corrected chi connectivity index (χ3v) is 5.83. The Morgan fingerprint density at radius 1 is 0.720 bits per heavy atom. The third-order valence-electron chi connectivity index (χ3n) is 4.47. The van der Waals surface area contributed by atoms with Gasteiger partial charge in [-0.25, -0.2) is 8.42 Å². The van der Waals surface area contributed by atoms with E-state index in [1.807, 2.05) is 30.3 Å². The topological polar surface area (TPSA) is 46.2 Å². The zero-order valence-corrected chi connectivity index (χ0v) is 16.8. The molecule has 0 saturated carbocycles. The lowest BCUT2D eigenvalue weighted by Crippen LogP contribution is -2.16. The Balaban J connectivity index is 2.47. The zero-order chi connectivity index (χ0) is 18.8. The lowest BCUT2D eigenvalue weighted by Gasteiger charge is -2.21. The largest absolute Gasteiger partial charge is 0.279 e. The zero-order valence-electron chi connectivity index (χ0n) is 16.0. The van der Waals surface area contributed by atoms with Crippen LogP contribution in [0.4, 0.5) is 5.69 Å². The van der Waals surface area contributed by atoms with Gasteiger partial charge in [0.1, 0.15) is 0 Å². The molecule has 1 N–H and O–H groups in total. The van der Waals surface area contributed by atoms with Gasteiger partial charge in [-0.05, 0) is 46.6 Å². The summed E-state index contributed by atoms with van der Waals surface area (Å²) in [4.78, 5) is 0.296. The maximum atomic E-state index is 12.9. The number of anilines is 1. The first kappa shape index (κ1) is 19.5. The predicted octanol–water partition coefficient (Wildman–Crippen LogP) is 5.86. The molecule has 2 aromatic carbocycles. The van der Waals surface area contributed by atoms with E-state index in [9.17, 15) is 8.42 Å². The Morgan fingerprint density at radius 3 is 1.60 bits per heavy atom. The van der Waals surface area contributed by atoms with E-state index in [0.29, 0.717) is 10.8 Å². The van der Waals surface area contributed by atoms with Crippen LogP contribution in [-0.4, -0.2) is 8.42 Å². The molecule has 0 aliphatic heterocycles. The first-order valence-corrected chi connectivity index (χ1v) is 10.4. The van der Waals surface area contributed by atoms with E-state index in [1.165, 1.54) is 0 Å². The van der Waals surface area contributed by atoms with E-state index in [1.54, 1.807) is 12.1 Å². The van der Waals surface area contributed by atoms with Crippen LogP contribution in [0.15, 0.2) is 47.4 Å². The van der Waals surface area contributed by atoms with Crippen molar-refractivity contribution in [2.45, 2.75) is 64.2 Å². The second-order valence-corrected chi connectivity index (χ2v) is 9.13. The molecule has 25 heavy (non-hydrogen) atoms. The standard InChI is InChI=1S/C21H29NO2S/c1-14(2)17-10-12-18(13-11-17)25(23,24)22-21-19(15(3)4)8-7-9-20(21)16(5)6/h7-16,22H,1-6H3. The van der Waals surface area contributed by atoms with E-state index in [4.69, 9.17) is 0 Å². The fraction of sp³-hybridized carbons (Fsp3) is 0.429. The van der Waals surface area contributed by atoms with Crippen LogP contribution in [0.5, 0.6) is 0 Å². The van der Waals surface area contributed by atoms with E-state index < -0.39 is 10.0 Å². The van der Waals surface area contributed by atoms with Crippen molar-refractivity contribution in [3.05, 3.63) is 59.2 Å². The van der Waals surface area contributed by atoms with Crippen molar-refractivity contribution in [2.24, 2.45) is 0 Å². The lowest BCUT2D eigenvalue weighted by molar-refractivity contribution is 0.601. The highest BCUT2D eigenvalue weighted by molar-refractivity contribution is 7.92. The molecule has 4 heteroatoms. The van der Waals surface area contributed by atoms with E-state index in [-0.39, 0.29) is 11.8 Å². The normalized spacial score (nSPS) is 12.2. The minimum atomic E-state index is -3.62. The van der Waals surface area contributed by atoms with Crippen LogP contribution in [-0.2, 0) is 10.0 Å². The molecule has 136 valence electrons. The summed E-state index contributed by atoms with van der Waals surface area (Å²) in [5.74, 6) is 0.846. The molecule has 0 radical (unpaired) electrons. The Morgan fingerprint density at radius 2 is 1.20 bits per heavy atom. The third kappa shape index (κ3) is 4.43. The molecule has 0 fully saturated rings. The molecule has 0 aromatic heterocycles. The highest BCUT2D eigenvalue weighted by Crippen LogP contribution is 2.34. The summed E-state index contributed by atoms with van der Waals surface area (Å²) >= 11 is 0.